The zero-order valence-corrected chi connectivity index (χ0v) is 26.2. The van der Waals surface area contributed by atoms with E-state index in [0.717, 1.165) is 35.0 Å². The number of benzene rings is 2. The Balaban J connectivity index is 1.25. The van der Waals surface area contributed by atoms with Gasteiger partial charge in [0.05, 0.1) is 5.69 Å². The summed E-state index contributed by atoms with van der Waals surface area (Å²) < 4.78 is 26.8. The number of aliphatic hydroxyl groups is 1. The molecule has 3 aromatic rings. The summed E-state index contributed by atoms with van der Waals surface area (Å²) in [6, 6.07) is 15.5. The summed E-state index contributed by atoms with van der Waals surface area (Å²) in [5.74, 6) is 0.841. The molecule has 1 amide bonds. The quantitative estimate of drug-likeness (QED) is 0.369. The highest BCUT2D eigenvalue weighted by molar-refractivity contribution is 5.92. The molecule has 0 unspecified atom stereocenters. The van der Waals surface area contributed by atoms with Crippen molar-refractivity contribution < 1.29 is 28.8 Å². The number of nitrogens with zero attached hydrogens (tertiary/aromatic N) is 4. The molecule has 1 N–H and O–H groups in total. The van der Waals surface area contributed by atoms with Crippen molar-refractivity contribution in [3.63, 3.8) is 0 Å². The molecule has 1 saturated heterocycles. The molecule has 11 nitrogen and oxygen atoms in total. The van der Waals surface area contributed by atoms with Gasteiger partial charge in [-0.1, -0.05) is 24.3 Å². The van der Waals surface area contributed by atoms with E-state index in [9.17, 15) is 14.7 Å². The molecule has 2 aromatic carbocycles. The average molecular weight is 619 g/mol. The Kier molecular flexibility index (Phi) is 9.29. The van der Waals surface area contributed by atoms with Gasteiger partial charge in [-0.15, -0.1) is 0 Å². The van der Waals surface area contributed by atoms with Crippen LogP contribution in [0.3, 0.4) is 0 Å². The Hall–Kier alpha value is -4.06. The molecule has 45 heavy (non-hydrogen) atoms. The maximum atomic E-state index is 14.1. The van der Waals surface area contributed by atoms with E-state index < -0.39 is 12.2 Å². The highest BCUT2D eigenvalue weighted by Gasteiger charge is 2.41. The van der Waals surface area contributed by atoms with Gasteiger partial charge in [0, 0.05) is 76.1 Å². The molecule has 0 spiro atoms. The first-order valence-electron chi connectivity index (χ1n) is 15.7. The minimum absolute atomic E-state index is 0.0100. The Morgan fingerprint density at radius 1 is 1.04 bits per heavy atom. The number of aliphatic hydroxyl groups excluding tert-OH is 1. The van der Waals surface area contributed by atoms with Crippen LogP contribution in [0.4, 0.5) is 0 Å². The molecule has 11 heteroatoms. The zero-order valence-electron chi connectivity index (χ0n) is 26.2. The highest BCUT2D eigenvalue weighted by atomic mass is 16.7. The van der Waals surface area contributed by atoms with Gasteiger partial charge in [-0.2, -0.15) is 0 Å². The Labute approximate surface area is 263 Å². The fourth-order valence-corrected chi connectivity index (χ4v) is 6.63. The molecule has 4 heterocycles. The second-order valence-electron chi connectivity index (χ2n) is 11.8. The summed E-state index contributed by atoms with van der Waals surface area (Å²) >= 11 is 0. The van der Waals surface area contributed by atoms with Crippen molar-refractivity contribution >= 4 is 5.91 Å². The highest BCUT2D eigenvalue weighted by Crippen LogP contribution is 2.40. The number of carbonyl (C=O) groups is 1. The Bertz CT molecular complexity index is 1590. The monoisotopic (exact) mass is 618 g/mol. The number of para-hydroxylation sites is 1. The normalized spacial score (nSPS) is 21.5. The van der Waals surface area contributed by atoms with E-state index in [4.69, 9.17) is 18.9 Å². The van der Waals surface area contributed by atoms with Gasteiger partial charge < -0.3 is 29.0 Å². The van der Waals surface area contributed by atoms with Crippen LogP contribution >= 0.6 is 0 Å². The largest absolute Gasteiger partial charge is 0.459 e. The molecular weight excluding hydrogens is 576 g/mol. The molecule has 240 valence electrons. The predicted molar refractivity (Wildman–Crippen MR) is 167 cm³/mol. The predicted octanol–water partition coefficient (Wildman–Crippen LogP) is 3.31. The third kappa shape index (κ3) is 6.25. The van der Waals surface area contributed by atoms with Gasteiger partial charge in [-0.05, 0) is 62.6 Å². The number of aromatic nitrogens is 2. The van der Waals surface area contributed by atoms with Gasteiger partial charge >= 0.3 is 0 Å². The lowest BCUT2D eigenvalue weighted by Crippen LogP contribution is -2.50. The maximum Gasteiger partial charge on any atom is 0.288 e. The minimum Gasteiger partial charge on any atom is -0.459 e. The Morgan fingerprint density at radius 2 is 1.80 bits per heavy atom. The first-order valence-corrected chi connectivity index (χ1v) is 15.7. The first-order chi connectivity index (χ1) is 21.9. The number of allylic oxidation sites excluding steroid dienone is 1. The van der Waals surface area contributed by atoms with Crippen LogP contribution in [0.15, 0.2) is 65.2 Å². The molecular formula is C34H42N4O7. The number of ether oxygens (including phenoxy) is 4. The maximum absolute atomic E-state index is 14.1. The molecule has 0 radical (unpaired) electrons. The van der Waals surface area contributed by atoms with E-state index in [-0.39, 0.29) is 36.5 Å². The van der Waals surface area contributed by atoms with Crippen molar-refractivity contribution in [2.45, 2.75) is 45.4 Å². The molecule has 0 aliphatic carbocycles. The van der Waals surface area contributed by atoms with E-state index in [1.165, 1.54) is 0 Å². The molecule has 1 fully saturated rings. The number of rotatable bonds is 10. The number of carbonyl (C=O) groups excluding carboxylic acids is 1. The van der Waals surface area contributed by atoms with Gasteiger partial charge in [0.15, 0.2) is 17.3 Å². The summed E-state index contributed by atoms with van der Waals surface area (Å²) in [5.41, 5.74) is 3.17. The fraction of sp³-hybridized carbons (Fsp3) is 0.471. The fourth-order valence-electron chi connectivity index (χ4n) is 6.63. The van der Waals surface area contributed by atoms with Crippen molar-refractivity contribution in [2.75, 3.05) is 46.2 Å². The van der Waals surface area contributed by atoms with Crippen molar-refractivity contribution in [1.82, 2.24) is 19.2 Å². The van der Waals surface area contributed by atoms with E-state index >= 15 is 0 Å². The smallest absolute Gasteiger partial charge is 0.288 e. The van der Waals surface area contributed by atoms with Crippen molar-refractivity contribution in [1.29, 1.82) is 0 Å². The van der Waals surface area contributed by atoms with E-state index in [0.29, 0.717) is 51.2 Å². The van der Waals surface area contributed by atoms with Gasteiger partial charge in [-0.25, -0.2) is 4.68 Å². The van der Waals surface area contributed by atoms with Crippen LogP contribution in [0.1, 0.15) is 42.5 Å². The van der Waals surface area contributed by atoms with E-state index in [2.05, 4.69) is 4.90 Å². The standard InChI is InChI=1S/C34H42N4O7/c1-4-42-34-26(11-8-18-39)27(31-23(2)35(3)38(33(31)41)25-9-6-5-7-10-25)20-30(45-34)32(40)37-16-14-36(15-17-37)21-24-12-13-28-29(19-24)44-22-43-28/h5-7,9-10,12-13,19-20,26-27,34,39H,4,8,11,14-18,21-22H2,1-3H3/t26-,27+,34-/m1/s1. The van der Waals surface area contributed by atoms with Gasteiger partial charge in [0.2, 0.25) is 13.1 Å². The lowest BCUT2D eigenvalue weighted by atomic mass is 9.80. The number of hydrogen-bond acceptors (Lipinski definition) is 8. The number of fused-ring (bicyclic) bond motifs is 1. The van der Waals surface area contributed by atoms with Gasteiger partial charge in [0.25, 0.3) is 11.5 Å². The third-order valence-electron chi connectivity index (χ3n) is 9.06. The molecule has 6 rings (SSSR count). The summed E-state index contributed by atoms with van der Waals surface area (Å²) in [6.07, 6.45) is 2.18. The number of amides is 1. The summed E-state index contributed by atoms with van der Waals surface area (Å²) in [4.78, 5) is 32.2. The van der Waals surface area contributed by atoms with Crippen LogP contribution in [0.25, 0.3) is 5.69 Å². The zero-order chi connectivity index (χ0) is 31.5. The van der Waals surface area contributed by atoms with Crippen LogP contribution in [-0.2, 0) is 27.9 Å². The van der Waals surface area contributed by atoms with Crippen LogP contribution < -0.4 is 15.0 Å². The second-order valence-corrected chi connectivity index (χ2v) is 11.8. The van der Waals surface area contributed by atoms with Crippen LogP contribution in [0.2, 0.25) is 0 Å². The lowest BCUT2D eigenvalue weighted by Gasteiger charge is -2.39. The Morgan fingerprint density at radius 3 is 2.53 bits per heavy atom. The van der Waals surface area contributed by atoms with Gasteiger partial charge in [0.1, 0.15) is 0 Å². The SMILES string of the molecule is CCO[C@@H]1OC(C(=O)N2CCN(Cc3ccc4c(c3)OCO4)CC2)=C[C@H](c2c(C)n(C)n(-c3ccccc3)c2=O)[C@H]1CCCO. The first kappa shape index (κ1) is 30.9. The summed E-state index contributed by atoms with van der Waals surface area (Å²) in [5, 5.41) is 9.70. The molecule has 3 aliphatic heterocycles. The number of hydrogen-bond donors (Lipinski definition) is 1. The summed E-state index contributed by atoms with van der Waals surface area (Å²) in [6.45, 7) is 7.73. The second kappa shape index (κ2) is 13.5. The summed E-state index contributed by atoms with van der Waals surface area (Å²) in [7, 11) is 1.87. The average Bonchev–Trinajstić information content (AvgIpc) is 3.61. The molecule has 0 saturated carbocycles. The van der Waals surface area contributed by atoms with Crippen molar-refractivity contribution in [2.24, 2.45) is 13.0 Å². The van der Waals surface area contributed by atoms with Crippen molar-refractivity contribution in [3.8, 4) is 17.2 Å². The molecule has 3 atom stereocenters. The lowest BCUT2D eigenvalue weighted by molar-refractivity contribution is -0.171. The molecule has 1 aromatic heterocycles. The van der Waals surface area contributed by atoms with E-state index in [1.54, 1.807) is 4.68 Å². The van der Waals surface area contributed by atoms with Crippen LogP contribution in [-0.4, -0.2) is 82.7 Å². The van der Waals surface area contributed by atoms with Crippen molar-refractivity contribution in [3.05, 3.63) is 87.5 Å². The molecule has 0 bridgehead atoms. The third-order valence-corrected chi connectivity index (χ3v) is 9.06. The topological polar surface area (TPSA) is 108 Å². The minimum atomic E-state index is -0.730. The van der Waals surface area contributed by atoms with Gasteiger partial charge in [-0.3, -0.25) is 19.2 Å². The van der Waals surface area contributed by atoms with Crippen LogP contribution in [0, 0.1) is 12.8 Å². The van der Waals surface area contributed by atoms with E-state index in [1.807, 2.05) is 85.1 Å². The van der Waals surface area contributed by atoms with Crippen LogP contribution in [0.5, 0.6) is 11.5 Å². The number of piperazine rings is 1. The molecule has 3 aliphatic rings.